The van der Waals surface area contributed by atoms with Gasteiger partial charge in [-0.3, -0.25) is 4.79 Å². The smallest absolute Gasteiger partial charge is 0.407 e. The largest absolute Gasteiger partial charge is 0.444 e. The number of amides is 1. The van der Waals surface area contributed by atoms with Crippen LogP contribution in [0.25, 0.3) is 0 Å². The maximum absolute atomic E-state index is 13.1. The lowest BCUT2D eigenvalue weighted by Gasteiger charge is -2.27. The number of nitrogens with one attached hydrogen (secondary N) is 2. The second-order valence-corrected chi connectivity index (χ2v) is 8.93. The van der Waals surface area contributed by atoms with Gasteiger partial charge in [0.15, 0.2) is 5.78 Å². The SMILES string of the molecule is CC(C)(C)OC(=O)N[C@@H](Cc1ccccc1)C(C#N)Nc1ccccc1C(=O)c1ccccc1. The van der Waals surface area contributed by atoms with E-state index in [-0.39, 0.29) is 5.78 Å². The van der Waals surface area contributed by atoms with E-state index in [0.717, 1.165) is 5.56 Å². The number of ketones is 1. The predicted molar refractivity (Wildman–Crippen MR) is 133 cm³/mol. The highest BCUT2D eigenvalue weighted by Gasteiger charge is 2.27. The van der Waals surface area contributed by atoms with Gasteiger partial charge in [0.05, 0.1) is 12.1 Å². The topological polar surface area (TPSA) is 91.2 Å². The molecule has 2 atom stereocenters. The molecule has 6 nitrogen and oxygen atoms in total. The van der Waals surface area contributed by atoms with Crippen LogP contribution in [0.1, 0.15) is 42.3 Å². The molecule has 0 radical (unpaired) electrons. The number of hydrogen-bond donors (Lipinski definition) is 2. The Morgan fingerprint density at radius 1 is 0.912 bits per heavy atom. The van der Waals surface area contributed by atoms with Crippen molar-refractivity contribution in [1.82, 2.24) is 5.32 Å². The third-order valence-electron chi connectivity index (χ3n) is 5.06. The van der Waals surface area contributed by atoms with E-state index in [1.54, 1.807) is 57.2 Å². The number of nitrogens with zero attached hydrogens (tertiary/aromatic N) is 1. The number of carbonyl (C=O) groups is 2. The molecule has 1 amide bonds. The van der Waals surface area contributed by atoms with Crippen LogP contribution >= 0.6 is 0 Å². The fraction of sp³-hybridized carbons (Fsp3) is 0.250. The van der Waals surface area contributed by atoms with Crippen molar-refractivity contribution in [1.29, 1.82) is 5.26 Å². The quantitative estimate of drug-likeness (QED) is 0.446. The lowest BCUT2D eigenvalue weighted by atomic mass is 9.98. The van der Waals surface area contributed by atoms with Crippen LogP contribution < -0.4 is 10.6 Å². The number of anilines is 1. The third kappa shape index (κ3) is 6.94. The van der Waals surface area contributed by atoms with Gasteiger partial charge in [-0.1, -0.05) is 72.8 Å². The lowest BCUT2D eigenvalue weighted by molar-refractivity contribution is 0.0502. The van der Waals surface area contributed by atoms with Gasteiger partial charge in [-0.05, 0) is 44.9 Å². The number of hydrogen-bond acceptors (Lipinski definition) is 5. The number of rotatable bonds is 8. The molecule has 3 aromatic carbocycles. The Morgan fingerprint density at radius 3 is 2.12 bits per heavy atom. The molecule has 0 heterocycles. The van der Waals surface area contributed by atoms with Gasteiger partial charge in [0.1, 0.15) is 11.6 Å². The molecule has 0 aromatic heterocycles. The standard InChI is InChI=1S/C28H29N3O3/c1-28(2,3)34-27(33)31-24(18-20-12-6-4-7-13-20)25(19-29)30-23-17-11-10-16-22(23)26(32)21-14-8-5-9-15-21/h4-17,24-25,30H,18H2,1-3H3,(H,31,33)/t24-,25?/m0/s1. The maximum Gasteiger partial charge on any atom is 0.407 e. The van der Waals surface area contributed by atoms with Crippen molar-refractivity contribution in [2.75, 3.05) is 5.32 Å². The van der Waals surface area contributed by atoms with Crippen LogP contribution in [0.4, 0.5) is 10.5 Å². The summed E-state index contributed by atoms with van der Waals surface area (Å²) in [6.45, 7) is 5.35. The van der Waals surface area contributed by atoms with E-state index in [0.29, 0.717) is 23.2 Å². The summed E-state index contributed by atoms with van der Waals surface area (Å²) in [5, 5.41) is 16.1. The van der Waals surface area contributed by atoms with Crippen molar-refractivity contribution < 1.29 is 14.3 Å². The van der Waals surface area contributed by atoms with Crippen LogP contribution in [0.15, 0.2) is 84.9 Å². The van der Waals surface area contributed by atoms with Gasteiger partial charge in [0.2, 0.25) is 0 Å². The Labute approximate surface area is 200 Å². The highest BCUT2D eigenvalue weighted by Crippen LogP contribution is 2.21. The van der Waals surface area contributed by atoms with Crippen LogP contribution in [0, 0.1) is 11.3 Å². The number of carbonyl (C=O) groups excluding carboxylic acids is 2. The zero-order chi connectivity index (χ0) is 24.6. The molecule has 34 heavy (non-hydrogen) atoms. The van der Waals surface area contributed by atoms with E-state index in [9.17, 15) is 14.9 Å². The normalized spacial score (nSPS) is 12.6. The molecule has 0 saturated carbocycles. The van der Waals surface area contributed by atoms with Gasteiger partial charge < -0.3 is 15.4 Å². The Bertz CT molecular complexity index is 1150. The summed E-state index contributed by atoms with van der Waals surface area (Å²) in [6.07, 6.45) is -0.204. The molecular formula is C28H29N3O3. The van der Waals surface area contributed by atoms with Crippen molar-refractivity contribution in [2.45, 2.75) is 44.9 Å². The monoisotopic (exact) mass is 455 g/mol. The van der Waals surface area contributed by atoms with Gasteiger partial charge in [-0.15, -0.1) is 0 Å². The van der Waals surface area contributed by atoms with E-state index in [2.05, 4.69) is 16.7 Å². The maximum atomic E-state index is 13.1. The summed E-state index contributed by atoms with van der Waals surface area (Å²) in [6, 6.07) is 26.4. The first-order valence-corrected chi connectivity index (χ1v) is 11.1. The van der Waals surface area contributed by atoms with Crippen molar-refractivity contribution in [3.8, 4) is 6.07 Å². The van der Waals surface area contributed by atoms with E-state index in [1.807, 2.05) is 48.5 Å². The Kier molecular flexibility index (Phi) is 8.05. The molecule has 0 saturated heterocycles. The molecule has 0 spiro atoms. The second-order valence-electron chi connectivity index (χ2n) is 8.93. The number of alkyl carbamates (subject to hydrolysis) is 1. The number of para-hydroxylation sites is 1. The zero-order valence-electron chi connectivity index (χ0n) is 19.6. The predicted octanol–water partition coefficient (Wildman–Crippen LogP) is 5.36. The summed E-state index contributed by atoms with van der Waals surface area (Å²) in [5.41, 5.74) is 1.81. The molecule has 2 N–H and O–H groups in total. The van der Waals surface area contributed by atoms with Crippen LogP contribution in [0.5, 0.6) is 0 Å². The Balaban J connectivity index is 1.88. The Hall–Kier alpha value is -4.11. The average molecular weight is 456 g/mol. The van der Waals surface area contributed by atoms with Crippen LogP contribution in [0.3, 0.4) is 0 Å². The van der Waals surface area contributed by atoms with Gasteiger partial charge >= 0.3 is 6.09 Å². The highest BCUT2D eigenvalue weighted by molar-refractivity contribution is 6.12. The lowest BCUT2D eigenvalue weighted by Crippen LogP contribution is -2.49. The van der Waals surface area contributed by atoms with Crippen LogP contribution in [-0.4, -0.2) is 29.6 Å². The average Bonchev–Trinajstić information content (AvgIpc) is 2.82. The first-order valence-electron chi connectivity index (χ1n) is 11.1. The minimum Gasteiger partial charge on any atom is -0.444 e. The first-order chi connectivity index (χ1) is 16.3. The first kappa shape index (κ1) is 24.5. The summed E-state index contributed by atoms with van der Waals surface area (Å²) >= 11 is 0. The molecule has 0 aliphatic rings. The number of benzene rings is 3. The molecular weight excluding hydrogens is 426 g/mol. The molecule has 6 heteroatoms. The summed E-state index contributed by atoms with van der Waals surface area (Å²) in [7, 11) is 0. The molecule has 3 rings (SSSR count). The van der Waals surface area contributed by atoms with Gasteiger partial charge in [-0.25, -0.2) is 4.79 Å². The van der Waals surface area contributed by atoms with Crippen LogP contribution in [0.2, 0.25) is 0 Å². The van der Waals surface area contributed by atoms with E-state index in [4.69, 9.17) is 4.74 Å². The fourth-order valence-corrected chi connectivity index (χ4v) is 3.52. The Morgan fingerprint density at radius 2 is 1.50 bits per heavy atom. The number of nitriles is 1. The van der Waals surface area contributed by atoms with Crippen molar-refractivity contribution >= 4 is 17.6 Å². The molecule has 1 unspecified atom stereocenters. The molecule has 3 aromatic rings. The van der Waals surface area contributed by atoms with Crippen molar-refractivity contribution in [3.63, 3.8) is 0 Å². The third-order valence-corrected chi connectivity index (χ3v) is 5.06. The highest BCUT2D eigenvalue weighted by atomic mass is 16.6. The number of ether oxygens (including phenoxy) is 1. The second kappa shape index (κ2) is 11.2. The molecule has 174 valence electrons. The van der Waals surface area contributed by atoms with E-state index >= 15 is 0 Å². The van der Waals surface area contributed by atoms with E-state index < -0.39 is 23.8 Å². The molecule has 0 bridgehead atoms. The fourth-order valence-electron chi connectivity index (χ4n) is 3.52. The molecule has 0 aliphatic heterocycles. The zero-order valence-corrected chi connectivity index (χ0v) is 19.6. The minimum absolute atomic E-state index is 0.153. The van der Waals surface area contributed by atoms with E-state index in [1.165, 1.54) is 0 Å². The van der Waals surface area contributed by atoms with Gasteiger partial charge in [0.25, 0.3) is 0 Å². The minimum atomic E-state index is -0.822. The molecule has 0 aliphatic carbocycles. The van der Waals surface area contributed by atoms with Crippen LogP contribution in [-0.2, 0) is 11.2 Å². The van der Waals surface area contributed by atoms with Crippen molar-refractivity contribution in [2.24, 2.45) is 0 Å². The van der Waals surface area contributed by atoms with Crippen molar-refractivity contribution in [3.05, 3.63) is 102 Å². The summed E-state index contributed by atoms with van der Waals surface area (Å²) in [4.78, 5) is 25.7. The van der Waals surface area contributed by atoms with Gasteiger partial charge in [-0.2, -0.15) is 5.26 Å². The van der Waals surface area contributed by atoms with Gasteiger partial charge in [0, 0.05) is 16.8 Å². The summed E-state index contributed by atoms with van der Waals surface area (Å²) in [5.74, 6) is -0.153. The summed E-state index contributed by atoms with van der Waals surface area (Å²) < 4.78 is 5.43. The molecule has 0 fully saturated rings.